The Hall–Kier alpha value is -5.02. The number of hydrogen-bond acceptors (Lipinski definition) is 5. The molecule has 0 radical (unpaired) electrons. The van der Waals surface area contributed by atoms with E-state index >= 15 is 0 Å². The number of hydrogen-bond donors (Lipinski definition) is 1. The molecule has 3 aliphatic rings. The Labute approximate surface area is 272 Å². The molecular formula is C36H34ClN5O4. The molecule has 8 rings (SSSR count). The summed E-state index contributed by atoms with van der Waals surface area (Å²) in [6.45, 7) is 4.16. The van der Waals surface area contributed by atoms with Crippen LogP contribution < -0.4 is 9.64 Å². The standard InChI is InChI=1S/C36H34ClN5O4/c1-23-31-19-33(39(23)2)32-18-25(37)8-13-30(32)35(44)40-16-14-29-24(21-40)6-5-7-34(29)46-17-4-3-15-41-22-27(20-38-41)42(36(31)45)26-9-11-28(43)12-10-26/h5-13,18-20,22,43H,3-4,14-17,21H2,1-2H3. The highest BCUT2D eigenvalue weighted by Crippen LogP contribution is 2.36. The molecule has 3 aliphatic heterocycles. The number of aromatic nitrogens is 3. The number of fused-ring (bicyclic) bond motifs is 6. The van der Waals surface area contributed by atoms with E-state index in [2.05, 4.69) is 11.2 Å². The van der Waals surface area contributed by atoms with Crippen molar-refractivity contribution >= 4 is 34.8 Å². The van der Waals surface area contributed by atoms with Gasteiger partial charge in [0.05, 0.1) is 24.1 Å². The van der Waals surface area contributed by atoms with Crippen LogP contribution in [-0.2, 0) is 26.6 Å². The number of aromatic hydroxyl groups is 1. The van der Waals surface area contributed by atoms with Crippen molar-refractivity contribution in [2.45, 2.75) is 39.3 Å². The van der Waals surface area contributed by atoms with Gasteiger partial charge in [-0.1, -0.05) is 23.7 Å². The minimum atomic E-state index is -0.262. The van der Waals surface area contributed by atoms with Gasteiger partial charge in [0.15, 0.2) is 0 Å². The van der Waals surface area contributed by atoms with Crippen molar-refractivity contribution in [2.24, 2.45) is 7.05 Å². The van der Waals surface area contributed by atoms with E-state index in [1.54, 1.807) is 53.6 Å². The smallest absolute Gasteiger partial charge is 0.264 e. The van der Waals surface area contributed by atoms with Gasteiger partial charge in [0.2, 0.25) is 0 Å². The SMILES string of the molecule is Cc1c2cc(n1C)-c1cc(Cl)ccc1C(=O)N1CCc3c(cccc3OCCCCn3cc(cn3)N(c3ccc(O)cc3)C2=O)C1. The summed E-state index contributed by atoms with van der Waals surface area (Å²) in [5.41, 5.74) is 6.50. The fourth-order valence-electron chi connectivity index (χ4n) is 6.40. The van der Waals surface area contributed by atoms with Crippen molar-refractivity contribution < 1.29 is 19.4 Å². The largest absolute Gasteiger partial charge is 0.508 e. The van der Waals surface area contributed by atoms with Gasteiger partial charge in [-0.3, -0.25) is 19.2 Å². The summed E-state index contributed by atoms with van der Waals surface area (Å²) in [5.74, 6) is 0.617. The minimum Gasteiger partial charge on any atom is -0.508 e. The van der Waals surface area contributed by atoms with E-state index in [0.29, 0.717) is 71.4 Å². The van der Waals surface area contributed by atoms with Crippen molar-refractivity contribution in [3.8, 4) is 22.8 Å². The average Bonchev–Trinajstić information content (AvgIpc) is 3.64. The van der Waals surface area contributed by atoms with Crippen LogP contribution in [-0.4, -0.2) is 49.3 Å². The third-order valence-electron chi connectivity index (χ3n) is 8.99. The number of carbonyl (C=O) groups excluding carboxylic acids is 2. The number of nitrogens with zero attached hydrogens (tertiary/aromatic N) is 5. The first-order valence-corrected chi connectivity index (χ1v) is 15.8. The maximum Gasteiger partial charge on any atom is 0.264 e. The molecule has 10 heteroatoms. The van der Waals surface area contributed by atoms with Gasteiger partial charge in [0.1, 0.15) is 11.5 Å². The molecule has 9 nitrogen and oxygen atoms in total. The zero-order valence-electron chi connectivity index (χ0n) is 25.7. The Morgan fingerprint density at radius 1 is 0.891 bits per heavy atom. The van der Waals surface area contributed by atoms with E-state index < -0.39 is 0 Å². The van der Waals surface area contributed by atoms with Crippen molar-refractivity contribution in [3.05, 3.63) is 112 Å². The summed E-state index contributed by atoms with van der Waals surface area (Å²) in [4.78, 5) is 32.1. The van der Waals surface area contributed by atoms with Gasteiger partial charge in [-0.15, -0.1) is 0 Å². The summed E-state index contributed by atoms with van der Waals surface area (Å²) in [6.07, 6.45) is 5.91. The lowest BCUT2D eigenvalue weighted by molar-refractivity contribution is 0.0734. The molecule has 0 spiro atoms. The van der Waals surface area contributed by atoms with E-state index in [9.17, 15) is 14.7 Å². The van der Waals surface area contributed by atoms with E-state index in [0.717, 1.165) is 35.4 Å². The number of amides is 2. The van der Waals surface area contributed by atoms with Crippen LogP contribution in [0.1, 0.15) is 50.4 Å². The number of rotatable bonds is 1. The molecule has 0 unspecified atom stereocenters. The summed E-state index contributed by atoms with van der Waals surface area (Å²) in [7, 11) is 1.89. The lowest BCUT2D eigenvalue weighted by Gasteiger charge is -2.30. The van der Waals surface area contributed by atoms with Crippen LogP contribution >= 0.6 is 11.6 Å². The fourth-order valence-corrected chi connectivity index (χ4v) is 6.57. The molecule has 3 aromatic carbocycles. The zero-order valence-corrected chi connectivity index (χ0v) is 26.5. The molecule has 0 fully saturated rings. The Morgan fingerprint density at radius 2 is 1.72 bits per heavy atom. The van der Waals surface area contributed by atoms with Crippen molar-refractivity contribution in [1.29, 1.82) is 0 Å². The van der Waals surface area contributed by atoms with E-state index in [4.69, 9.17) is 16.3 Å². The molecule has 2 amide bonds. The third-order valence-corrected chi connectivity index (χ3v) is 9.23. The van der Waals surface area contributed by atoms with Crippen molar-refractivity contribution in [2.75, 3.05) is 18.1 Å². The molecule has 0 saturated heterocycles. The highest BCUT2D eigenvalue weighted by Gasteiger charge is 2.29. The molecule has 0 aliphatic carbocycles. The van der Waals surface area contributed by atoms with Crippen LogP contribution in [0.5, 0.6) is 11.5 Å². The van der Waals surface area contributed by atoms with Gasteiger partial charge >= 0.3 is 0 Å². The predicted octanol–water partition coefficient (Wildman–Crippen LogP) is 6.91. The quantitative estimate of drug-likeness (QED) is 0.216. The predicted molar refractivity (Wildman–Crippen MR) is 177 cm³/mol. The molecule has 0 atom stereocenters. The fraction of sp³-hybridized carbons (Fsp3) is 0.250. The summed E-state index contributed by atoms with van der Waals surface area (Å²) >= 11 is 6.52. The molecule has 1 N–H and O–H groups in total. The number of halogens is 1. The van der Waals surface area contributed by atoms with E-state index in [1.165, 1.54) is 0 Å². The second-order valence-corrected chi connectivity index (χ2v) is 12.3. The third kappa shape index (κ3) is 5.41. The van der Waals surface area contributed by atoms with Crippen molar-refractivity contribution in [1.82, 2.24) is 19.2 Å². The van der Waals surface area contributed by atoms with E-state index in [-0.39, 0.29) is 17.6 Å². The van der Waals surface area contributed by atoms with Gasteiger partial charge < -0.3 is 19.3 Å². The Kier molecular flexibility index (Phi) is 7.78. The number of phenolic OH excluding ortho intramolecular Hbond substituents is 1. The van der Waals surface area contributed by atoms with Crippen LogP contribution in [0.4, 0.5) is 11.4 Å². The lowest BCUT2D eigenvalue weighted by atomic mass is 9.96. The molecule has 0 saturated carbocycles. The van der Waals surface area contributed by atoms with E-state index in [1.807, 2.05) is 52.5 Å². The van der Waals surface area contributed by atoms with Crippen LogP contribution in [0.25, 0.3) is 11.3 Å². The second kappa shape index (κ2) is 12.1. The van der Waals surface area contributed by atoms with Crippen LogP contribution in [0.2, 0.25) is 5.02 Å². The van der Waals surface area contributed by atoms with Gasteiger partial charge in [-0.05, 0) is 86.3 Å². The first-order valence-electron chi connectivity index (χ1n) is 15.4. The maximum absolute atomic E-state index is 14.5. The molecule has 46 heavy (non-hydrogen) atoms. The van der Waals surface area contributed by atoms with Gasteiger partial charge in [-0.25, -0.2) is 0 Å². The van der Waals surface area contributed by atoms with Crippen molar-refractivity contribution in [3.63, 3.8) is 0 Å². The number of carbonyl (C=O) groups is 2. The molecule has 2 aromatic heterocycles. The highest BCUT2D eigenvalue weighted by atomic mass is 35.5. The first kappa shape index (κ1) is 29.7. The van der Waals surface area contributed by atoms with Crippen LogP contribution in [0.3, 0.4) is 0 Å². The number of benzene rings is 3. The molecule has 5 aromatic rings. The van der Waals surface area contributed by atoms with Gasteiger partial charge in [-0.2, -0.15) is 5.10 Å². The van der Waals surface area contributed by atoms with Crippen LogP contribution in [0, 0.1) is 6.92 Å². The molecule has 5 heterocycles. The molecule has 234 valence electrons. The number of ether oxygens (including phenoxy) is 1. The number of anilines is 2. The average molecular weight is 636 g/mol. The molecule has 8 bridgehead atoms. The topological polar surface area (TPSA) is 92.8 Å². The van der Waals surface area contributed by atoms with Gasteiger partial charge in [0.25, 0.3) is 11.8 Å². The first-order chi connectivity index (χ1) is 22.3. The summed E-state index contributed by atoms with van der Waals surface area (Å²) in [5, 5.41) is 15.0. The minimum absolute atomic E-state index is 0.0978. The Morgan fingerprint density at radius 3 is 2.54 bits per heavy atom. The van der Waals surface area contributed by atoms with Gasteiger partial charge in [0, 0.05) is 71.7 Å². The monoisotopic (exact) mass is 635 g/mol. The highest BCUT2D eigenvalue weighted by molar-refractivity contribution is 6.31. The zero-order chi connectivity index (χ0) is 31.9. The summed E-state index contributed by atoms with van der Waals surface area (Å²) in [6, 6.07) is 19.7. The lowest BCUT2D eigenvalue weighted by Crippen LogP contribution is -2.36. The summed E-state index contributed by atoms with van der Waals surface area (Å²) < 4.78 is 10.0. The van der Waals surface area contributed by atoms with Crippen LogP contribution in [0.15, 0.2) is 79.1 Å². The normalized spacial score (nSPS) is 15.4. The molecular weight excluding hydrogens is 602 g/mol. The number of phenols is 1. The Balaban J connectivity index is 1.36. The number of aryl methyl sites for hydroxylation is 1. The maximum atomic E-state index is 14.5. The second-order valence-electron chi connectivity index (χ2n) is 11.8. The Bertz CT molecular complexity index is 1960.